The molecule has 0 bridgehead atoms. The quantitative estimate of drug-likeness (QED) is 0.252. The van der Waals surface area contributed by atoms with Gasteiger partial charge in [-0.2, -0.15) is 0 Å². The molecule has 0 aromatic rings. The summed E-state index contributed by atoms with van der Waals surface area (Å²) in [5.41, 5.74) is -2.45. The number of carbonyl (C=O) groups excluding carboxylic acids is 1. The molecule has 0 aromatic carbocycles. The maximum Gasteiger partial charge on any atom is 0.337 e. The Kier molecular flexibility index (Phi) is 2.71. The first-order valence-corrected chi connectivity index (χ1v) is 6.95. The van der Waals surface area contributed by atoms with Crippen molar-refractivity contribution in [2.75, 3.05) is 0 Å². The minimum absolute atomic E-state index is 0.0411. The number of esters is 1. The van der Waals surface area contributed by atoms with E-state index >= 15 is 0 Å². The van der Waals surface area contributed by atoms with Gasteiger partial charge in [0.2, 0.25) is 0 Å². The van der Waals surface area contributed by atoms with E-state index in [4.69, 9.17) is 9.62 Å². The van der Waals surface area contributed by atoms with Gasteiger partial charge in [0.05, 0.1) is 5.57 Å². The summed E-state index contributed by atoms with van der Waals surface area (Å²) in [7, 11) is 0. The smallest absolute Gasteiger partial charge is 0.337 e. The van der Waals surface area contributed by atoms with Gasteiger partial charge in [-0.25, -0.2) is 9.68 Å². The van der Waals surface area contributed by atoms with E-state index in [0.29, 0.717) is 24.8 Å². The Morgan fingerprint density at radius 2 is 2.05 bits per heavy atom. The van der Waals surface area contributed by atoms with E-state index in [2.05, 4.69) is 13.2 Å². The molecular weight excluding hydrogens is 260 g/mol. The highest BCUT2D eigenvalue weighted by atomic mass is 17.1. The molecule has 1 aliphatic heterocycles. The first-order chi connectivity index (χ1) is 9.32. The van der Waals surface area contributed by atoms with Crippen LogP contribution in [0.5, 0.6) is 0 Å². The molecule has 0 aromatic heterocycles. The van der Waals surface area contributed by atoms with Crippen molar-refractivity contribution in [2.24, 2.45) is 5.41 Å². The highest BCUT2D eigenvalue weighted by molar-refractivity contribution is 5.93. The molecule has 3 rings (SSSR count). The summed E-state index contributed by atoms with van der Waals surface area (Å²) in [6.45, 7) is 9.65. The predicted octanol–water partition coefficient (Wildman–Crippen LogP) is 1.97. The number of ether oxygens (including phenoxy) is 1. The van der Waals surface area contributed by atoms with E-state index < -0.39 is 28.7 Å². The summed E-state index contributed by atoms with van der Waals surface area (Å²) in [5.74, 6) is -0.628. The van der Waals surface area contributed by atoms with Gasteiger partial charge < -0.3 is 9.84 Å². The van der Waals surface area contributed by atoms with E-state index in [0.717, 1.165) is 12.8 Å². The van der Waals surface area contributed by atoms with Gasteiger partial charge in [-0.15, -0.1) is 0 Å². The lowest BCUT2D eigenvalue weighted by atomic mass is 9.51. The van der Waals surface area contributed by atoms with Gasteiger partial charge in [0, 0.05) is 5.41 Å². The van der Waals surface area contributed by atoms with E-state index in [1.807, 2.05) is 6.92 Å². The molecular formula is C15H20O5. The Morgan fingerprint density at radius 3 is 2.70 bits per heavy atom. The first kappa shape index (κ1) is 13.8. The fourth-order valence-electron chi connectivity index (χ4n) is 4.30. The van der Waals surface area contributed by atoms with Crippen LogP contribution in [-0.4, -0.2) is 33.6 Å². The zero-order chi connectivity index (χ0) is 14.8. The fraction of sp³-hybridized carbons (Fsp3) is 0.667. The van der Waals surface area contributed by atoms with Gasteiger partial charge in [0.25, 0.3) is 0 Å². The summed E-state index contributed by atoms with van der Waals surface area (Å²) >= 11 is 0. The maximum absolute atomic E-state index is 11.8. The Morgan fingerprint density at radius 1 is 1.35 bits per heavy atom. The standard InChI is InChI=1S/C15H20O5/c1-9-5-4-6-13(3)7-8-14(17)10(2)11(16)19-12(14)15(9,13)20-18/h12,17-18H,1-2,4-8H2,3H3/t12?,13?,14-,15+/m1/s1. The van der Waals surface area contributed by atoms with Crippen molar-refractivity contribution in [1.82, 2.24) is 0 Å². The third-order valence-corrected chi connectivity index (χ3v) is 5.63. The number of rotatable bonds is 1. The molecule has 1 saturated heterocycles. The Bertz CT molecular complexity index is 512. The van der Waals surface area contributed by atoms with Crippen molar-refractivity contribution in [2.45, 2.75) is 56.3 Å². The zero-order valence-corrected chi connectivity index (χ0v) is 11.6. The van der Waals surface area contributed by atoms with Crippen molar-refractivity contribution in [3.05, 3.63) is 24.3 Å². The van der Waals surface area contributed by atoms with Crippen LogP contribution in [0.2, 0.25) is 0 Å². The van der Waals surface area contributed by atoms with Gasteiger partial charge >= 0.3 is 5.97 Å². The molecule has 2 unspecified atom stereocenters. The van der Waals surface area contributed by atoms with E-state index in [-0.39, 0.29) is 5.57 Å². The lowest BCUT2D eigenvalue weighted by Gasteiger charge is -2.58. The van der Waals surface area contributed by atoms with Gasteiger partial charge in [-0.1, -0.05) is 20.1 Å². The van der Waals surface area contributed by atoms with E-state index in [9.17, 15) is 15.2 Å². The molecule has 0 amide bonds. The third-order valence-electron chi connectivity index (χ3n) is 5.63. The van der Waals surface area contributed by atoms with Crippen LogP contribution in [0.15, 0.2) is 24.3 Å². The molecule has 5 nitrogen and oxygen atoms in total. The molecule has 3 aliphatic rings. The van der Waals surface area contributed by atoms with Crippen LogP contribution in [-0.2, 0) is 14.4 Å². The lowest BCUT2D eigenvalue weighted by Crippen LogP contribution is -2.69. The van der Waals surface area contributed by atoms with Crippen LogP contribution in [0.25, 0.3) is 0 Å². The van der Waals surface area contributed by atoms with Gasteiger partial charge in [0.1, 0.15) is 5.60 Å². The lowest BCUT2D eigenvalue weighted by molar-refractivity contribution is -0.383. The number of fused-ring (bicyclic) bond motifs is 3. The summed E-state index contributed by atoms with van der Waals surface area (Å²) in [6.07, 6.45) is 2.44. The van der Waals surface area contributed by atoms with Gasteiger partial charge in [-0.05, 0) is 37.7 Å². The second kappa shape index (κ2) is 3.93. The second-order valence-corrected chi connectivity index (χ2v) is 6.53. The average molecular weight is 280 g/mol. The molecule has 5 heteroatoms. The highest BCUT2D eigenvalue weighted by Crippen LogP contribution is 2.62. The minimum atomic E-state index is -1.49. The number of hydrogen-bond donors (Lipinski definition) is 2. The van der Waals surface area contributed by atoms with Crippen LogP contribution in [0.1, 0.15) is 39.0 Å². The number of carbonyl (C=O) groups is 1. The SMILES string of the molecule is C=C1C(=O)OC2[C@@]1(O)CCC1(C)CCCC(=C)[C@]21OO. The fourth-order valence-corrected chi connectivity index (χ4v) is 4.30. The van der Waals surface area contributed by atoms with Crippen molar-refractivity contribution < 1.29 is 24.8 Å². The Labute approximate surface area is 117 Å². The predicted molar refractivity (Wildman–Crippen MR) is 70.7 cm³/mol. The Hall–Kier alpha value is -1.17. The van der Waals surface area contributed by atoms with Crippen molar-refractivity contribution in [3.63, 3.8) is 0 Å². The minimum Gasteiger partial charge on any atom is -0.452 e. The molecule has 20 heavy (non-hydrogen) atoms. The van der Waals surface area contributed by atoms with Crippen molar-refractivity contribution in [1.29, 1.82) is 0 Å². The molecule has 110 valence electrons. The Balaban J connectivity index is 2.18. The van der Waals surface area contributed by atoms with Crippen LogP contribution >= 0.6 is 0 Å². The van der Waals surface area contributed by atoms with E-state index in [1.165, 1.54) is 0 Å². The summed E-state index contributed by atoms with van der Waals surface area (Å²) in [5, 5.41) is 20.5. The normalized spacial score (nSPS) is 47.8. The number of hydrogen-bond acceptors (Lipinski definition) is 5. The van der Waals surface area contributed by atoms with E-state index in [1.54, 1.807) is 0 Å². The maximum atomic E-state index is 11.8. The molecule has 0 spiro atoms. The molecule has 2 N–H and O–H groups in total. The monoisotopic (exact) mass is 280 g/mol. The van der Waals surface area contributed by atoms with Crippen LogP contribution < -0.4 is 0 Å². The van der Waals surface area contributed by atoms with Crippen LogP contribution in [0.3, 0.4) is 0 Å². The average Bonchev–Trinajstić information content (AvgIpc) is 2.64. The molecule has 2 saturated carbocycles. The zero-order valence-electron chi connectivity index (χ0n) is 11.6. The van der Waals surface area contributed by atoms with Gasteiger partial charge in [-0.3, -0.25) is 5.26 Å². The summed E-state index contributed by atoms with van der Waals surface area (Å²) in [4.78, 5) is 16.7. The van der Waals surface area contributed by atoms with Crippen LogP contribution in [0, 0.1) is 5.41 Å². The largest absolute Gasteiger partial charge is 0.452 e. The molecule has 2 aliphatic carbocycles. The first-order valence-electron chi connectivity index (χ1n) is 6.95. The molecule has 0 radical (unpaired) electrons. The van der Waals surface area contributed by atoms with Crippen molar-refractivity contribution in [3.8, 4) is 0 Å². The second-order valence-electron chi connectivity index (χ2n) is 6.53. The van der Waals surface area contributed by atoms with Gasteiger partial charge in [0.15, 0.2) is 11.7 Å². The third kappa shape index (κ3) is 1.31. The number of aliphatic hydroxyl groups is 1. The molecule has 1 heterocycles. The highest BCUT2D eigenvalue weighted by Gasteiger charge is 2.72. The summed E-state index contributed by atoms with van der Waals surface area (Å²) < 4.78 is 5.35. The molecule has 3 fully saturated rings. The summed E-state index contributed by atoms with van der Waals surface area (Å²) in [6, 6.07) is 0. The topological polar surface area (TPSA) is 76.0 Å². The van der Waals surface area contributed by atoms with Crippen molar-refractivity contribution >= 4 is 5.97 Å². The van der Waals surface area contributed by atoms with Crippen LogP contribution in [0.4, 0.5) is 0 Å². The molecule has 4 atom stereocenters.